The van der Waals surface area contributed by atoms with Crippen LogP contribution in [0.2, 0.25) is 5.02 Å². The van der Waals surface area contributed by atoms with Crippen molar-refractivity contribution in [3.63, 3.8) is 0 Å². The molecule has 0 saturated heterocycles. The molecule has 0 saturated carbocycles. The Bertz CT molecular complexity index is 664. The Morgan fingerprint density at radius 3 is 2.52 bits per heavy atom. The topological polar surface area (TPSA) is 12.0 Å². The normalized spacial score (nSPS) is 12.5. The Kier molecular flexibility index (Phi) is 5.77. The van der Waals surface area contributed by atoms with Gasteiger partial charge in [0.1, 0.15) is 11.6 Å². The van der Waals surface area contributed by atoms with Gasteiger partial charge in [0.2, 0.25) is 0 Å². The number of nitrogens with one attached hydrogen (secondary N) is 1. The predicted octanol–water partition coefficient (Wildman–Crippen LogP) is 5.84. The molecule has 0 aliphatic rings. The third-order valence-corrected chi connectivity index (χ3v) is 4.99. The zero-order chi connectivity index (χ0) is 15.6. The van der Waals surface area contributed by atoms with Crippen molar-refractivity contribution in [1.82, 2.24) is 5.32 Å². The van der Waals surface area contributed by atoms with Gasteiger partial charge in [-0.2, -0.15) is 0 Å². The van der Waals surface area contributed by atoms with Crippen LogP contribution in [0.5, 0.6) is 0 Å². The lowest BCUT2D eigenvalue weighted by Gasteiger charge is -2.22. The Balaban J connectivity index is 2.65. The zero-order valence-corrected chi connectivity index (χ0v) is 15.0. The van der Waals surface area contributed by atoms with Gasteiger partial charge in [0.15, 0.2) is 0 Å². The van der Waals surface area contributed by atoms with Crippen LogP contribution >= 0.6 is 43.5 Å². The molecule has 21 heavy (non-hydrogen) atoms. The van der Waals surface area contributed by atoms with E-state index in [9.17, 15) is 8.78 Å². The van der Waals surface area contributed by atoms with Gasteiger partial charge < -0.3 is 5.32 Å². The molecule has 0 aliphatic heterocycles. The summed E-state index contributed by atoms with van der Waals surface area (Å²) in [6.07, 6.45) is 0. The largest absolute Gasteiger partial charge is 0.306 e. The van der Waals surface area contributed by atoms with Crippen molar-refractivity contribution in [1.29, 1.82) is 0 Å². The molecule has 2 aromatic rings. The maximum Gasteiger partial charge on any atom is 0.145 e. The van der Waals surface area contributed by atoms with Crippen molar-refractivity contribution in [3.8, 4) is 0 Å². The van der Waals surface area contributed by atoms with Crippen molar-refractivity contribution < 1.29 is 8.78 Å². The molecule has 0 amide bonds. The third kappa shape index (κ3) is 3.47. The number of hydrogen-bond donors (Lipinski definition) is 1. The highest BCUT2D eigenvalue weighted by atomic mass is 79.9. The smallest absolute Gasteiger partial charge is 0.145 e. The fraction of sp³-hybridized carbons (Fsp3) is 0.200. The summed E-state index contributed by atoms with van der Waals surface area (Å²) < 4.78 is 29.4. The Labute approximate surface area is 144 Å². The lowest BCUT2D eigenvalue weighted by molar-refractivity contribution is 0.507. The van der Waals surface area contributed by atoms with Crippen molar-refractivity contribution in [3.05, 3.63) is 67.1 Å². The molecule has 1 unspecified atom stereocenters. The van der Waals surface area contributed by atoms with E-state index < -0.39 is 17.7 Å². The molecule has 0 radical (unpaired) electrons. The van der Waals surface area contributed by atoms with Crippen molar-refractivity contribution in [2.24, 2.45) is 0 Å². The second-order valence-corrected chi connectivity index (χ2v) is 6.48. The van der Waals surface area contributed by atoms with Crippen molar-refractivity contribution in [2.75, 3.05) is 6.54 Å². The Morgan fingerprint density at radius 2 is 1.86 bits per heavy atom. The van der Waals surface area contributed by atoms with Crippen LogP contribution in [-0.2, 0) is 0 Å². The third-order valence-electron chi connectivity index (χ3n) is 3.07. The average molecular weight is 440 g/mol. The van der Waals surface area contributed by atoms with Crippen LogP contribution in [0.4, 0.5) is 8.78 Å². The summed E-state index contributed by atoms with van der Waals surface area (Å²) in [7, 11) is 0. The molecule has 0 spiro atoms. The van der Waals surface area contributed by atoms with Gasteiger partial charge >= 0.3 is 0 Å². The quantitative estimate of drug-likeness (QED) is 0.590. The van der Waals surface area contributed by atoms with Gasteiger partial charge in [0, 0.05) is 10.0 Å². The van der Waals surface area contributed by atoms with Gasteiger partial charge in [0.25, 0.3) is 0 Å². The number of halogens is 5. The SMILES string of the molecule is CCNC(c1cccc(Br)c1Cl)c1c(F)ccc(Br)c1F. The van der Waals surface area contributed by atoms with E-state index in [1.165, 1.54) is 12.1 Å². The molecule has 2 aromatic carbocycles. The number of rotatable bonds is 4. The summed E-state index contributed by atoms with van der Waals surface area (Å²) in [5.41, 5.74) is 0.565. The first-order chi connectivity index (χ1) is 9.97. The summed E-state index contributed by atoms with van der Waals surface area (Å²) >= 11 is 12.7. The maximum atomic E-state index is 14.4. The first-order valence-corrected chi connectivity index (χ1v) is 8.24. The predicted molar refractivity (Wildman–Crippen MR) is 88.7 cm³/mol. The molecular weight excluding hydrogens is 427 g/mol. The van der Waals surface area contributed by atoms with Crippen molar-refractivity contribution in [2.45, 2.75) is 13.0 Å². The van der Waals surface area contributed by atoms with Gasteiger partial charge in [-0.05, 0) is 62.2 Å². The van der Waals surface area contributed by atoms with E-state index in [1.54, 1.807) is 18.2 Å². The summed E-state index contributed by atoms with van der Waals surface area (Å²) in [6.45, 7) is 2.41. The van der Waals surface area contributed by atoms with Gasteiger partial charge in [-0.3, -0.25) is 0 Å². The highest BCUT2D eigenvalue weighted by Crippen LogP contribution is 2.36. The Hall–Kier alpha value is -0.490. The second kappa shape index (κ2) is 7.18. The highest BCUT2D eigenvalue weighted by molar-refractivity contribution is 9.10. The maximum absolute atomic E-state index is 14.4. The fourth-order valence-corrected chi connectivity index (χ4v) is 3.08. The minimum atomic E-state index is -0.669. The van der Waals surface area contributed by atoms with Gasteiger partial charge in [-0.15, -0.1) is 0 Å². The minimum absolute atomic E-state index is 0.0498. The summed E-state index contributed by atoms with van der Waals surface area (Å²) in [5, 5.41) is 3.52. The first-order valence-electron chi connectivity index (χ1n) is 6.28. The van der Waals surface area contributed by atoms with E-state index >= 15 is 0 Å². The molecule has 0 aromatic heterocycles. The van der Waals surface area contributed by atoms with E-state index in [0.717, 1.165) is 0 Å². The van der Waals surface area contributed by atoms with Crippen LogP contribution in [-0.4, -0.2) is 6.54 Å². The van der Waals surface area contributed by atoms with Gasteiger partial charge in [-0.1, -0.05) is 30.7 Å². The van der Waals surface area contributed by atoms with Crippen LogP contribution < -0.4 is 5.32 Å². The van der Waals surface area contributed by atoms with E-state index in [2.05, 4.69) is 37.2 Å². The number of benzene rings is 2. The number of hydrogen-bond acceptors (Lipinski definition) is 1. The van der Waals surface area contributed by atoms with E-state index in [1.807, 2.05) is 6.92 Å². The molecule has 2 rings (SSSR count). The van der Waals surface area contributed by atoms with Crippen LogP contribution in [0.1, 0.15) is 24.1 Å². The molecule has 0 heterocycles. The molecule has 0 fully saturated rings. The van der Waals surface area contributed by atoms with Crippen molar-refractivity contribution >= 4 is 43.5 Å². The van der Waals surface area contributed by atoms with E-state index in [-0.39, 0.29) is 10.0 Å². The van der Waals surface area contributed by atoms with Crippen LogP contribution in [0.3, 0.4) is 0 Å². The molecule has 6 heteroatoms. The average Bonchev–Trinajstić information content (AvgIpc) is 2.45. The monoisotopic (exact) mass is 437 g/mol. The molecule has 1 atom stereocenters. The summed E-state index contributed by atoms with van der Waals surface area (Å²) in [4.78, 5) is 0. The lowest BCUT2D eigenvalue weighted by Crippen LogP contribution is -2.24. The summed E-state index contributed by atoms with van der Waals surface area (Å²) in [5.74, 6) is -1.24. The molecular formula is C15H12Br2ClF2N. The highest BCUT2D eigenvalue weighted by Gasteiger charge is 2.25. The standard InChI is InChI=1S/C15H12Br2ClF2N/c1-2-21-15(8-4-3-5-9(16)13(8)18)12-11(19)7-6-10(17)14(12)20/h3-7,15,21H,2H2,1H3. The molecule has 0 bridgehead atoms. The van der Waals surface area contributed by atoms with Crippen LogP contribution in [0, 0.1) is 11.6 Å². The molecule has 112 valence electrons. The molecule has 1 nitrogen and oxygen atoms in total. The lowest BCUT2D eigenvalue weighted by atomic mass is 9.97. The summed E-state index contributed by atoms with van der Waals surface area (Å²) in [6, 6.07) is 7.22. The Morgan fingerprint density at radius 1 is 1.14 bits per heavy atom. The fourth-order valence-electron chi connectivity index (χ4n) is 2.12. The second-order valence-electron chi connectivity index (χ2n) is 4.39. The van der Waals surface area contributed by atoms with Gasteiger partial charge in [-0.25, -0.2) is 8.78 Å². The van der Waals surface area contributed by atoms with Crippen LogP contribution in [0.15, 0.2) is 39.3 Å². The molecule has 0 aliphatic carbocycles. The first kappa shape index (κ1) is 16.9. The molecule has 1 N–H and O–H groups in total. The zero-order valence-electron chi connectivity index (χ0n) is 11.1. The van der Waals surface area contributed by atoms with E-state index in [4.69, 9.17) is 11.6 Å². The van der Waals surface area contributed by atoms with Crippen LogP contribution in [0.25, 0.3) is 0 Å². The van der Waals surface area contributed by atoms with E-state index in [0.29, 0.717) is 21.6 Å². The minimum Gasteiger partial charge on any atom is -0.306 e. The van der Waals surface area contributed by atoms with Gasteiger partial charge in [0.05, 0.1) is 15.5 Å².